The van der Waals surface area contributed by atoms with Gasteiger partial charge in [0.05, 0.1) is 6.04 Å². The van der Waals surface area contributed by atoms with Crippen LogP contribution in [0.3, 0.4) is 0 Å². The summed E-state index contributed by atoms with van der Waals surface area (Å²) in [5.74, 6) is 1.63. The summed E-state index contributed by atoms with van der Waals surface area (Å²) in [4.78, 5) is 20.7. The third-order valence-electron chi connectivity index (χ3n) is 5.56. The van der Waals surface area contributed by atoms with E-state index in [0.29, 0.717) is 12.5 Å². The van der Waals surface area contributed by atoms with Gasteiger partial charge in [-0.05, 0) is 50.3 Å². The van der Waals surface area contributed by atoms with Gasteiger partial charge in [0, 0.05) is 36.5 Å². The number of para-hydroxylation sites is 1. The second kappa shape index (κ2) is 8.68. The first-order chi connectivity index (χ1) is 14.4. The fraction of sp³-hybridized carbons (Fsp3) is 0.478. The summed E-state index contributed by atoms with van der Waals surface area (Å²) < 4.78 is 6.13. The first kappa shape index (κ1) is 20.7. The number of carbonyl (C=O) groups is 1. The Balaban J connectivity index is 1.45. The molecule has 2 N–H and O–H groups in total. The molecule has 160 valence electrons. The third-order valence-corrected chi connectivity index (χ3v) is 6.59. The van der Waals surface area contributed by atoms with E-state index in [1.807, 2.05) is 30.0 Å². The number of benzene rings is 1. The molecule has 2 aliphatic heterocycles. The minimum absolute atomic E-state index is 0.0664. The minimum Gasteiger partial charge on any atom is -0.487 e. The molecule has 0 bridgehead atoms. The molecule has 0 radical (unpaired) electrons. The van der Waals surface area contributed by atoms with Gasteiger partial charge in [-0.1, -0.05) is 18.2 Å². The lowest BCUT2D eigenvalue weighted by Gasteiger charge is -2.38. The Kier molecular flexibility index (Phi) is 5.99. The van der Waals surface area contributed by atoms with E-state index in [0.717, 1.165) is 37.2 Å². The largest absolute Gasteiger partial charge is 0.487 e. The molecule has 0 saturated heterocycles. The molecule has 2 aromatic rings. The zero-order chi connectivity index (χ0) is 21.1. The van der Waals surface area contributed by atoms with Crippen LogP contribution >= 0.6 is 11.3 Å². The molecule has 0 saturated carbocycles. The SMILES string of the molecule is CCNC(=NCC(=O)N1CCc2sccc2C1)NC1CC(C)(C)Oc2ccccc21. The van der Waals surface area contributed by atoms with Crippen molar-refractivity contribution in [2.45, 2.75) is 51.8 Å². The molecule has 0 spiro atoms. The van der Waals surface area contributed by atoms with E-state index in [2.05, 4.69) is 47.0 Å². The van der Waals surface area contributed by atoms with Crippen molar-refractivity contribution in [2.75, 3.05) is 19.6 Å². The number of guanidine groups is 1. The van der Waals surface area contributed by atoms with Gasteiger partial charge in [-0.3, -0.25) is 4.79 Å². The van der Waals surface area contributed by atoms with Crippen LogP contribution in [-0.2, 0) is 17.8 Å². The molecule has 4 rings (SSSR count). The number of nitrogens with one attached hydrogen (secondary N) is 2. The Bertz CT molecular complexity index is 937. The third kappa shape index (κ3) is 4.61. The quantitative estimate of drug-likeness (QED) is 0.580. The summed E-state index contributed by atoms with van der Waals surface area (Å²) in [5, 5.41) is 8.92. The fourth-order valence-corrected chi connectivity index (χ4v) is 5.01. The summed E-state index contributed by atoms with van der Waals surface area (Å²) in [5.41, 5.74) is 2.12. The van der Waals surface area contributed by atoms with Crippen LogP contribution in [-0.4, -0.2) is 42.0 Å². The number of rotatable bonds is 4. The van der Waals surface area contributed by atoms with Gasteiger partial charge in [-0.25, -0.2) is 4.99 Å². The van der Waals surface area contributed by atoms with Crippen molar-refractivity contribution in [1.29, 1.82) is 0 Å². The van der Waals surface area contributed by atoms with Crippen molar-refractivity contribution < 1.29 is 9.53 Å². The van der Waals surface area contributed by atoms with Crippen molar-refractivity contribution in [1.82, 2.24) is 15.5 Å². The smallest absolute Gasteiger partial charge is 0.244 e. The Labute approximate surface area is 182 Å². The molecule has 1 amide bonds. The Morgan fingerprint density at radius 1 is 1.33 bits per heavy atom. The van der Waals surface area contributed by atoms with Gasteiger partial charge >= 0.3 is 0 Å². The molecule has 1 atom stereocenters. The fourth-order valence-electron chi connectivity index (χ4n) is 4.12. The molecule has 0 aliphatic carbocycles. The first-order valence-electron chi connectivity index (χ1n) is 10.6. The molecule has 30 heavy (non-hydrogen) atoms. The Morgan fingerprint density at radius 3 is 3.00 bits per heavy atom. The van der Waals surface area contributed by atoms with Crippen LogP contribution in [0.1, 0.15) is 49.2 Å². The number of carbonyl (C=O) groups excluding carboxylic acids is 1. The highest BCUT2D eigenvalue weighted by molar-refractivity contribution is 7.10. The van der Waals surface area contributed by atoms with Crippen LogP contribution < -0.4 is 15.4 Å². The topological polar surface area (TPSA) is 66.0 Å². The van der Waals surface area contributed by atoms with E-state index in [4.69, 9.17) is 4.74 Å². The molecule has 6 nitrogen and oxygen atoms in total. The molecule has 3 heterocycles. The van der Waals surface area contributed by atoms with Crippen molar-refractivity contribution in [3.63, 3.8) is 0 Å². The molecular formula is C23H30N4O2S. The number of aliphatic imine (C=N–C) groups is 1. The number of hydrogen-bond donors (Lipinski definition) is 2. The maximum Gasteiger partial charge on any atom is 0.244 e. The monoisotopic (exact) mass is 426 g/mol. The standard InChI is InChI=1S/C23H30N4O2S/c1-4-24-22(25-14-21(28)27-11-9-20-16(15-27)10-12-30-20)26-18-13-23(2,3)29-19-8-6-5-7-17(18)19/h5-8,10,12,18H,4,9,11,13-15H2,1-3H3,(H2,24,25,26). The van der Waals surface area contributed by atoms with E-state index in [1.54, 1.807) is 11.3 Å². The molecule has 0 fully saturated rings. The molecule has 1 unspecified atom stereocenters. The highest BCUT2D eigenvalue weighted by Gasteiger charge is 2.34. The van der Waals surface area contributed by atoms with E-state index < -0.39 is 0 Å². The van der Waals surface area contributed by atoms with Crippen LogP contribution in [0, 0.1) is 0 Å². The lowest BCUT2D eigenvalue weighted by molar-refractivity contribution is -0.130. The van der Waals surface area contributed by atoms with E-state index in [9.17, 15) is 4.79 Å². The van der Waals surface area contributed by atoms with Gasteiger partial charge in [0.25, 0.3) is 0 Å². The normalized spacial score (nSPS) is 20.0. The number of hydrogen-bond acceptors (Lipinski definition) is 4. The van der Waals surface area contributed by atoms with Gasteiger partial charge in [0.1, 0.15) is 17.9 Å². The lowest BCUT2D eigenvalue weighted by atomic mass is 9.90. The number of nitrogens with zero attached hydrogens (tertiary/aromatic N) is 2. The van der Waals surface area contributed by atoms with Crippen LogP contribution in [0.2, 0.25) is 0 Å². The van der Waals surface area contributed by atoms with Crippen LogP contribution in [0.4, 0.5) is 0 Å². The maximum absolute atomic E-state index is 12.8. The summed E-state index contributed by atoms with van der Waals surface area (Å²) in [7, 11) is 0. The van der Waals surface area contributed by atoms with Gasteiger partial charge in [-0.15, -0.1) is 11.3 Å². The second-order valence-corrected chi connectivity index (χ2v) is 9.43. The Hall–Kier alpha value is -2.54. The van der Waals surface area contributed by atoms with Gasteiger partial charge in [-0.2, -0.15) is 0 Å². The number of amides is 1. The maximum atomic E-state index is 12.8. The van der Waals surface area contributed by atoms with Crippen LogP contribution in [0.15, 0.2) is 40.7 Å². The predicted octanol–water partition coefficient (Wildman–Crippen LogP) is 3.49. The van der Waals surface area contributed by atoms with Gasteiger partial charge in [0.15, 0.2) is 5.96 Å². The highest BCUT2D eigenvalue weighted by atomic mass is 32.1. The Morgan fingerprint density at radius 2 is 2.17 bits per heavy atom. The van der Waals surface area contributed by atoms with Crippen LogP contribution in [0.25, 0.3) is 0 Å². The molecule has 1 aromatic carbocycles. The van der Waals surface area contributed by atoms with Crippen molar-refractivity contribution in [2.24, 2.45) is 4.99 Å². The van der Waals surface area contributed by atoms with Gasteiger partial charge in [0.2, 0.25) is 5.91 Å². The van der Waals surface area contributed by atoms with Crippen molar-refractivity contribution in [3.05, 3.63) is 51.7 Å². The van der Waals surface area contributed by atoms with Gasteiger partial charge < -0.3 is 20.3 Å². The molecule has 2 aliphatic rings. The van der Waals surface area contributed by atoms with Crippen LogP contribution in [0.5, 0.6) is 5.75 Å². The van der Waals surface area contributed by atoms with Crippen molar-refractivity contribution in [3.8, 4) is 5.75 Å². The number of fused-ring (bicyclic) bond motifs is 2. The second-order valence-electron chi connectivity index (χ2n) is 8.43. The summed E-state index contributed by atoms with van der Waals surface area (Å²) in [6, 6.07) is 10.3. The summed E-state index contributed by atoms with van der Waals surface area (Å²) in [6.45, 7) is 8.56. The summed E-state index contributed by atoms with van der Waals surface area (Å²) in [6.07, 6.45) is 1.75. The lowest BCUT2D eigenvalue weighted by Crippen LogP contribution is -2.46. The number of ether oxygens (including phenoxy) is 1. The van der Waals surface area contributed by atoms with E-state index in [1.165, 1.54) is 10.4 Å². The average Bonchev–Trinajstić information content (AvgIpc) is 3.19. The zero-order valence-corrected chi connectivity index (χ0v) is 18.7. The van der Waals surface area contributed by atoms with E-state index >= 15 is 0 Å². The molecular weight excluding hydrogens is 396 g/mol. The number of thiophene rings is 1. The predicted molar refractivity (Wildman–Crippen MR) is 121 cm³/mol. The van der Waals surface area contributed by atoms with E-state index in [-0.39, 0.29) is 24.1 Å². The molecule has 7 heteroatoms. The zero-order valence-electron chi connectivity index (χ0n) is 17.9. The highest BCUT2D eigenvalue weighted by Crippen LogP contribution is 2.39. The van der Waals surface area contributed by atoms with Crippen molar-refractivity contribution >= 4 is 23.2 Å². The summed E-state index contributed by atoms with van der Waals surface area (Å²) >= 11 is 1.78. The first-order valence-corrected chi connectivity index (χ1v) is 11.5. The minimum atomic E-state index is -0.273. The average molecular weight is 427 g/mol. The molecule has 1 aromatic heterocycles.